The summed E-state index contributed by atoms with van der Waals surface area (Å²) in [5.74, 6) is -0.881. The average molecular weight is 463 g/mol. The number of hydrogen-bond acceptors (Lipinski definition) is 5. The molecule has 33 heavy (non-hydrogen) atoms. The van der Waals surface area contributed by atoms with Crippen molar-refractivity contribution in [3.8, 4) is 17.6 Å². The number of rotatable bonds is 9. The van der Waals surface area contributed by atoms with Crippen molar-refractivity contribution in [2.24, 2.45) is 0 Å². The highest BCUT2D eigenvalue weighted by atomic mass is 35.5. The number of carboxylic acids is 1. The van der Waals surface area contributed by atoms with Gasteiger partial charge in [-0.05, 0) is 53.6 Å². The van der Waals surface area contributed by atoms with Crippen molar-refractivity contribution >= 4 is 35.2 Å². The van der Waals surface area contributed by atoms with Crippen LogP contribution in [0.2, 0.25) is 5.02 Å². The van der Waals surface area contributed by atoms with Crippen molar-refractivity contribution in [2.45, 2.75) is 6.61 Å². The first-order valence-electron chi connectivity index (χ1n) is 9.78. The van der Waals surface area contributed by atoms with E-state index in [9.17, 15) is 14.9 Å². The van der Waals surface area contributed by atoms with E-state index in [0.717, 1.165) is 5.56 Å². The summed E-state index contributed by atoms with van der Waals surface area (Å²) in [7, 11) is 0. The maximum atomic E-state index is 12.5. The summed E-state index contributed by atoms with van der Waals surface area (Å²) in [4.78, 5) is 23.1. The van der Waals surface area contributed by atoms with Crippen LogP contribution in [0.15, 0.2) is 78.4 Å². The molecule has 166 valence electrons. The molecule has 3 aromatic carbocycles. The number of amides is 1. The summed E-state index contributed by atoms with van der Waals surface area (Å²) < 4.78 is 10.8. The molecule has 0 bridgehead atoms. The van der Waals surface area contributed by atoms with Crippen LogP contribution in [-0.4, -0.2) is 23.6 Å². The number of benzene rings is 3. The molecule has 0 fully saturated rings. The Hall–Kier alpha value is -4.28. The van der Waals surface area contributed by atoms with Gasteiger partial charge in [-0.25, -0.2) is 4.79 Å². The van der Waals surface area contributed by atoms with E-state index in [4.69, 9.17) is 26.2 Å². The molecule has 0 saturated carbocycles. The van der Waals surface area contributed by atoms with Crippen LogP contribution in [0.4, 0.5) is 5.69 Å². The Balaban J connectivity index is 1.62. The zero-order valence-corrected chi connectivity index (χ0v) is 18.1. The second kappa shape index (κ2) is 11.4. The van der Waals surface area contributed by atoms with Crippen molar-refractivity contribution < 1.29 is 24.2 Å². The molecule has 0 atom stereocenters. The molecule has 0 unspecified atom stereocenters. The lowest BCUT2D eigenvalue weighted by atomic mass is 10.1. The number of nitrogens with one attached hydrogen (secondary N) is 1. The van der Waals surface area contributed by atoms with E-state index in [2.05, 4.69) is 5.32 Å². The topological polar surface area (TPSA) is 109 Å². The lowest BCUT2D eigenvalue weighted by Crippen LogP contribution is -2.13. The Bertz CT molecular complexity index is 1200. The van der Waals surface area contributed by atoms with Crippen molar-refractivity contribution in [1.82, 2.24) is 0 Å². The highest BCUT2D eigenvalue weighted by molar-refractivity contribution is 6.32. The van der Waals surface area contributed by atoms with E-state index in [0.29, 0.717) is 23.6 Å². The normalized spacial score (nSPS) is 10.7. The van der Waals surface area contributed by atoms with E-state index in [1.165, 1.54) is 18.2 Å². The minimum Gasteiger partial charge on any atom is -0.489 e. The average Bonchev–Trinajstić information content (AvgIpc) is 2.82. The number of carbonyl (C=O) groups is 2. The quantitative estimate of drug-likeness (QED) is 0.345. The number of nitriles is 1. The first kappa shape index (κ1) is 23.4. The zero-order valence-electron chi connectivity index (χ0n) is 17.3. The third-order valence-corrected chi connectivity index (χ3v) is 4.64. The summed E-state index contributed by atoms with van der Waals surface area (Å²) >= 11 is 6.09. The van der Waals surface area contributed by atoms with Crippen LogP contribution < -0.4 is 14.8 Å². The molecule has 3 rings (SSSR count). The lowest BCUT2D eigenvalue weighted by molar-refractivity contribution is -0.139. The van der Waals surface area contributed by atoms with Crippen molar-refractivity contribution in [3.05, 3.63) is 94.5 Å². The fourth-order valence-corrected chi connectivity index (χ4v) is 3.00. The molecular formula is C25H19ClN2O5. The molecule has 1 amide bonds. The minimum absolute atomic E-state index is 0.130. The molecule has 2 N–H and O–H groups in total. The zero-order chi connectivity index (χ0) is 23.6. The number of halogens is 1. The fourth-order valence-electron chi connectivity index (χ4n) is 2.75. The third kappa shape index (κ3) is 7.13. The summed E-state index contributed by atoms with van der Waals surface area (Å²) in [6.07, 6.45) is 1.37. The minimum atomic E-state index is -1.13. The summed E-state index contributed by atoms with van der Waals surface area (Å²) in [5, 5.41) is 20.9. The van der Waals surface area contributed by atoms with Gasteiger partial charge in [0.15, 0.2) is 6.61 Å². The molecule has 0 radical (unpaired) electrons. The monoisotopic (exact) mass is 462 g/mol. The Morgan fingerprint density at radius 3 is 2.39 bits per heavy atom. The van der Waals surface area contributed by atoms with E-state index >= 15 is 0 Å². The predicted molar refractivity (Wildman–Crippen MR) is 124 cm³/mol. The molecule has 0 aromatic heterocycles. The van der Waals surface area contributed by atoms with Gasteiger partial charge in [0.05, 0.1) is 5.02 Å². The number of aliphatic carboxylic acids is 1. The summed E-state index contributed by atoms with van der Waals surface area (Å²) in [6.45, 7) is -0.104. The molecule has 0 aliphatic carbocycles. The standard InChI is InChI=1S/C25H19ClN2O5/c26-22-13-18(6-11-23(22)33-16-24(29)30)12-19(14-27)25(31)28-20-7-9-21(10-8-20)32-15-17-4-2-1-3-5-17/h1-13H,15-16H2,(H,28,31)(H,29,30)/b19-12+. The second-order valence-electron chi connectivity index (χ2n) is 6.79. The first-order chi connectivity index (χ1) is 15.9. The van der Waals surface area contributed by atoms with Crippen LogP contribution in [-0.2, 0) is 16.2 Å². The molecule has 0 heterocycles. The molecular weight excluding hydrogens is 444 g/mol. The van der Waals surface area contributed by atoms with Crippen LogP contribution in [0.3, 0.4) is 0 Å². The SMILES string of the molecule is N#C/C(=C\c1ccc(OCC(=O)O)c(Cl)c1)C(=O)Nc1ccc(OCc2ccccc2)cc1. The third-order valence-electron chi connectivity index (χ3n) is 4.34. The molecule has 8 heteroatoms. The van der Waals surface area contributed by atoms with E-state index in [1.807, 2.05) is 36.4 Å². The van der Waals surface area contributed by atoms with Crippen LogP contribution in [0.5, 0.6) is 11.5 Å². The number of carboxylic acid groups (broad SMARTS) is 1. The maximum Gasteiger partial charge on any atom is 0.341 e. The summed E-state index contributed by atoms with van der Waals surface area (Å²) in [5.41, 5.74) is 1.90. The predicted octanol–water partition coefficient (Wildman–Crippen LogP) is 4.93. The molecule has 0 aliphatic heterocycles. The highest BCUT2D eigenvalue weighted by Gasteiger charge is 2.11. The Kier molecular flexibility index (Phi) is 8.06. The van der Waals surface area contributed by atoms with Gasteiger partial charge in [0.2, 0.25) is 0 Å². The van der Waals surface area contributed by atoms with Gasteiger partial charge < -0.3 is 19.9 Å². The molecule has 7 nitrogen and oxygen atoms in total. The van der Waals surface area contributed by atoms with Gasteiger partial charge in [0, 0.05) is 5.69 Å². The Labute approximate surface area is 195 Å². The van der Waals surface area contributed by atoms with Gasteiger partial charge >= 0.3 is 5.97 Å². The lowest BCUT2D eigenvalue weighted by Gasteiger charge is -2.09. The number of ether oxygens (including phenoxy) is 2. The van der Waals surface area contributed by atoms with E-state index in [-0.39, 0.29) is 16.3 Å². The number of anilines is 1. The highest BCUT2D eigenvalue weighted by Crippen LogP contribution is 2.26. The van der Waals surface area contributed by atoms with Gasteiger partial charge in [0.25, 0.3) is 5.91 Å². The largest absolute Gasteiger partial charge is 0.489 e. The Morgan fingerprint density at radius 1 is 1.03 bits per heavy atom. The van der Waals surface area contributed by atoms with Crippen LogP contribution in [0.1, 0.15) is 11.1 Å². The second-order valence-corrected chi connectivity index (χ2v) is 7.20. The Morgan fingerprint density at radius 2 is 1.76 bits per heavy atom. The van der Waals surface area contributed by atoms with Crippen LogP contribution >= 0.6 is 11.6 Å². The van der Waals surface area contributed by atoms with Crippen molar-refractivity contribution in [3.63, 3.8) is 0 Å². The van der Waals surface area contributed by atoms with Crippen LogP contribution in [0, 0.1) is 11.3 Å². The first-order valence-corrected chi connectivity index (χ1v) is 10.2. The molecule has 3 aromatic rings. The number of carbonyl (C=O) groups excluding carboxylic acids is 1. The van der Waals surface area contributed by atoms with E-state index < -0.39 is 18.5 Å². The fraction of sp³-hybridized carbons (Fsp3) is 0.0800. The van der Waals surface area contributed by atoms with Gasteiger partial charge in [-0.15, -0.1) is 0 Å². The van der Waals surface area contributed by atoms with Crippen LogP contribution in [0.25, 0.3) is 6.08 Å². The van der Waals surface area contributed by atoms with Gasteiger partial charge in [-0.3, -0.25) is 4.79 Å². The van der Waals surface area contributed by atoms with Gasteiger partial charge in [-0.1, -0.05) is 48.0 Å². The number of nitrogens with zero attached hydrogens (tertiary/aromatic N) is 1. The summed E-state index contributed by atoms with van der Waals surface area (Å²) in [6, 6.07) is 22.9. The van der Waals surface area contributed by atoms with Gasteiger partial charge in [-0.2, -0.15) is 5.26 Å². The van der Waals surface area contributed by atoms with Crippen molar-refractivity contribution in [1.29, 1.82) is 5.26 Å². The smallest absolute Gasteiger partial charge is 0.341 e. The van der Waals surface area contributed by atoms with E-state index in [1.54, 1.807) is 30.3 Å². The van der Waals surface area contributed by atoms with Crippen molar-refractivity contribution in [2.75, 3.05) is 11.9 Å². The van der Waals surface area contributed by atoms with Gasteiger partial charge in [0.1, 0.15) is 29.7 Å². The molecule has 0 spiro atoms. The maximum absolute atomic E-state index is 12.5. The molecule has 0 saturated heterocycles. The molecule has 0 aliphatic rings. The number of hydrogen-bond donors (Lipinski definition) is 2.